The average molecular weight is 492 g/mol. The number of aryl methyl sites for hydroxylation is 1. The van der Waals surface area contributed by atoms with E-state index in [2.05, 4.69) is 10.3 Å². The third-order valence-electron chi connectivity index (χ3n) is 5.64. The van der Waals surface area contributed by atoms with Crippen molar-refractivity contribution in [3.8, 4) is 0 Å². The van der Waals surface area contributed by atoms with E-state index >= 15 is 0 Å². The van der Waals surface area contributed by atoms with Gasteiger partial charge in [0.25, 0.3) is 0 Å². The van der Waals surface area contributed by atoms with Gasteiger partial charge in [0.1, 0.15) is 5.25 Å². The molecule has 4 rings (SSSR count). The molecule has 2 atom stereocenters. The van der Waals surface area contributed by atoms with Crippen LogP contribution in [0.5, 0.6) is 0 Å². The van der Waals surface area contributed by atoms with Crippen LogP contribution >= 0.6 is 11.8 Å². The van der Waals surface area contributed by atoms with Crippen molar-refractivity contribution < 1.29 is 27.5 Å². The third-order valence-corrected chi connectivity index (χ3v) is 6.81. The van der Waals surface area contributed by atoms with E-state index in [4.69, 9.17) is 4.74 Å². The van der Waals surface area contributed by atoms with E-state index in [1.807, 2.05) is 31.2 Å². The zero-order valence-corrected chi connectivity index (χ0v) is 19.3. The molecule has 34 heavy (non-hydrogen) atoms. The van der Waals surface area contributed by atoms with E-state index in [1.165, 1.54) is 23.1 Å². The summed E-state index contributed by atoms with van der Waals surface area (Å²) in [4.78, 5) is 32.0. The maximum atomic E-state index is 13.3. The van der Waals surface area contributed by atoms with Crippen LogP contribution in [-0.2, 0) is 20.5 Å². The van der Waals surface area contributed by atoms with Crippen LogP contribution < -0.4 is 5.32 Å². The van der Waals surface area contributed by atoms with Gasteiger partial charge in [0.2, 0.25) is 11.8 Å². The number of benzene rings is 2. The number of amidine groups is 1. The number of thioether (sulfide) groups is 1. The Hall–Kier alpha value is -2.85. The minimum atomic E-state index is -4.60. The van der Waals surface area contributed by atoms with Crippen LogP contribution in [0.4, 0.5) is 24.5 Å². The van der Waals surface area contributed by atoms with E-state index in [0.29, 0.717) is 24.0 Å². The number of aliphatic imine (C=N–C) groups is 1. The van der Waals surface area contributed by atoms with Crippen LogP contribution in [-0.4, -0.2) is 46.4 Å². The molecule has 1 N–H and O–H groups in total. The van der Waals surface area contributed by atoms with Gasteiger partial charge in [0, 0.05) is 13.0 Å². The molecule has 0 bridgehead atoms. The summed E-state index contributed by atoms with van der Waals surface area (Å²) < 4.78 is 45.5. The van der Waals surface area contributed by atoms with Gasteiger partial charge in [0.05, 0.1) is 29.6 Å². The first kappa shape index (κ1) is 24.3. The zero-order chi connectivity index (χ0) is 24.3. The molecule has 2 saturated heterocycles. The number of alkyl halides is 3. The number of hydrogen-bond acceptors (Lipinski definition) is 5. The van der Waals surface area contributed by atoms with Gasteiger partial charge in [-0.2, -0.15) is 13.2 Å². The van der Waals surface area contributed by atoms with Crippen LogP contribution in [0.1, 0.15) is 30.4 Å². The number of halogens is 3. The smallest absolute Gasteiger partial charge is 0.376 e. The molecule has 0 aromatic heterocycles. The number of para-hydroxylation sites is 2. The maximum Gasteiger partial charge on any atom is 0.418 e. The summed E-state index contributed by atoms with van der Waals surface area (Å²) in [7, 11) is 0. The summed E-state index contributed by atoms with van der Waals surface area (Å²) in [5.41, 5.74) is 0.375. The highest BCUT2D eigenvalue weighted by molar-refractivity contribution is 8.15. The zero-order valence-electron chi connectivity index (χ0n) is 18.5. The Morgan fingerprint density at radius 1 is 1.21 bits per heavy atom. The highest BCUT2D eigenvalue weighted by Crippen LogP contribution is 2.36. The molecule has 6 nitrogen and oxygen atoms in total. The molecule has 0 spiro atoms. The number of nitrogens with zero attached hydrogens (tertiary/aromatic N) is 2. The van der Waals surface area contributed by atoms with Crippen LogP contribution in [0, 0.1) is 6.92 Å². The SMILES string of the molecule is Cc1ccccc1N=C1SC(CC(=O)Nc2ccccc2C(F)(F)F)C(=O)N1CC1CCCO1. The quantitative estimate of drug-likeness (QED) is 0.607. The normalized spacial score (nSPS) is 21.9. The van der Waals surface area contributed by atoms with Crippen molar-refractivity contribution in [1.29, 1.82) is 0 Å². The van der Waals surface area contributed by atoms with E-state index in [1.54, 1.807) is 0 Å². The van der Waals surface area contributed by atoms with Crippen molar-refractivity contribution in [2.45, 2.75) is 43.7 Å². The number of hydrogen-bond donors (Lipinski definition) is 1. The van der Waals surface area contributed by atoms with Crippen LogP contribution in [0.15, 0.2) is 53.5 Å². The number of ether oxygens (including phenoxy) is 1. The highest BCUT2D eigenvalue weighted by atomic mass is 32.2. The Labute approximate surface area is 199 Å². The van der Waals surface area contributed by atoms with Gasteiger partial charge in [-0.15, -0.1) is 0 Å². The van der Waals surface area contributed by atoms with Crippen molar-refractivity contribution in [3.05, 3.63) is 59.7 Å². The summed E-state index contributed by atoms with van der Waals surface area (Å²) in [6, 6.07) is 12.3. The second kappa shape index (κ2) is 10.2. The van der Waals surface area contributed by atoms with E-state index < -0.39 is 22.9 Å². The minimum Gasteiger partial charge on any atom is -0.376 e. The number of carbonyl (C=O) groups is 2. The van der Waals surface area contributed by atoms with Crippen molar-refractivity contribution in [2.24, 2.45) is 4.99 Å². The molecule has 0 radical (unpaired) electrons. The molecule has 2 aliphatic rings. The summed E-state index contributed by atoms with van der Waals surface area (Å²) in [5.74, 6) is -0.969. The largest absolute Gasteiger partial charge is 0.418 e. The van der Waals surface area contributed by atoms with Gasteiger partial charge in [-0.25, -0.2) is 4.99 Å². The number of nitrogens with one attached hydrogen (secondary N) is 1. The molecule has 0 saturated carbocycles. The predicted molar refractivity (Wildman–Crippen MR) is 125 cm³/mol. The lowest BCUT2D eigenvalue weighted by Gasteiger charge is -2.20. The first-order valence-corrected chi connectivity index (χ1v) is 11.8. The third kappa shape index (κ3) is 5.61. The molecular weight excluding hydrogens is 467 g/mol. The van der Waals surface area contributed by atoms with E-state index in [9.17, 15) is 22.8 Å². The minimum absolute atomic E-state index is 0.113. The number of carbonyl (C=O) groups excluding carboxylic acids is 2. The predicted octanol–water partition coefficient (Wildman–Crippen LogP) is 5.15. The summed E-state index contributed by atoms with van der Waals surface area (Å²) in [6.07, 6.45) is -3.25. The number of rotatable bonds is 6. The molecule has 2 fully saturated rings. The highest BCUT2D eigenvalue weighted by Gasteiger charge is 2.41. The van der Waals surface area contributed by atoms with Crippen molar-refractivity contribution in [2.75, 3.05) is 18.5 Å². The lowest BCUT2D eigenvalue weighted by molar-refractivity contribution is -0.137. The molecule has 10 heteroatoms. The van der Waals surface area contributed by atoms with Gasteiger partial charge < -0.3 is 10.1 Å². The van der Waals surface area contributed by atoms with Crippen molar-refractivity contribution in [1.82, 2.24) is 4.90 Å². The monoisotopic (exact) mass is 491 g/mol. The summed E-state index contributed by atoms with van der Waals surface area (Å²) in [5, 5.41) is 1.99. The van der Waals surface area contributed by atoms with Crippen molar-refractivity contribution in [3.63, 3.8) is 0 Å². The molecule has 2 aromatic carbocycles. The molecule has 2 unspecified atom stereocenters. The Balaban J connectivity index is 1.52. The molecule has 2 amide bonds. The second-order valence-corrected chi connectivity index (χ2v) is 9.34. The van der Waals surface area contributed by atoms with Gasteiger partial charge >= 0.3 is 6.18 Å². The topological polar surface area (TPSA) is 71.0 Å². The Kier molecular flexibility index (Phi) is 7.27. The van der Waals surface area contributed by atoms with Crippen LogP contribution in [0.25, 0.3) is 0 Å². The summed E-state index contributed by atoms with van der Waals surface area (Å²) >= 11 is 1.15. The lowest BCUT2D eigenvalue weighted by atomic mass is 10.1. The molecule has 2 aromatic rings. The fraction of sp³-hybridized carbons (Fsp3) is 0.375. The lowest BCUT2D eigenvalue weighted by Crippen LogP contribution is -2.38. The summed E-state index contributed by atoms with van der Waals surface area (Å²) in [6.45, 7) is 2.87. The molecule has 2 heterocycles. The molecule has 2 aliphatic heterocycles. The second-order valence-electron chi connectivity index (χ2n) is 8.17. The van der Waals surface area contributed by atoms with E-state index in [-0.39, 0.29) is 24.1 Å². The average Bonchev–Trinajstić information content (AvgIpc) is 3.39. The van der Waals surface area contributed by atoms with Crippen molar-refractivity contribution >= 4 is 40.1 Å². The maximum absolute atomic E-state index is 13.3. The molecular formula is C24H24F3N3O3S. The number of amides is 2. The fourth-order valence-corrected chi connectivity index (χ4v) is 5.05. The Morgan fingerprint density at radius 3 is 2.65 bits per heavy atom. The fourth-order valence-electron chi connectivity index (χ4n) is 3.89. The Bertz CT molecular complexity index is 1100. The van der Waals surface area contributed by atoms with Gasteiger partial charge in [-0.1, -0.05) is 42.1 Å². The van der Waals surface area contributed by atoms with Gasteiger partial charge in [-0.3, -0.25) is 14.5 Å². The van der Waals surface area contributed by atoms with Gasteiger partial charge in [0.15, 0.2) is 5.17 Å². The first-order chi connectivity index (χ1) is 16.2. The first-order valence-electron chi connectivity index (χ1n) is 10.9. The van der Waals surface area contributed by atoms with E-state index in [0.717, 1.165) is 36.2 Å². The molecule has 180 valence electrons. The standard InChI is InChI=1S/C24H24F3N3O3S/c1-15-7-2-4-10-18(15)29-23-30(14-16-8-6-12-33-16)22(32)20(34-23)13-21(31)28-19-11-5-3-9-17(19)24(25,26)27/h2-5,7,9-11,16,20H,6,8,12-14H2,1H3,(H,28,31). The Morgan fingerprint density at radius 2 is 1.94 bits per heavy atom. The number of anilines is 1. The van der Waals surface area contributed by atoms with Gasteiger partial charge in [-0.05, 0) is 43.5 Å². The molecule has 0 aliphatic carbocycles. The van der Waals surface area contributed by atoms with Crippen LogP contribution in [0.3, 0.4) is 0 Å². The van der Waals surface area contributed by atoms with Crippen LogP contribution in [0.2, 0.25) is 0 Å².